The first kappa shape index (κ1) is 20.1. The van der Waals surface area contributed by atoms with E-state index in [1.165, 1.54) is 6.92 Å². The number of para-hydroxylation sites is 1. The van der Waals surface area contributed by atoms with Crippen molar-refractivity contribution in [3.05, 3.63) is 71.4 Å². The van der Waals surface area contributed by atoms with Gasteiger partial charge in [0, 0.05) is 23.2 Å². The summed E-state index contributed by atoms with van der Waals surface area (Å²) in [6.45, 7) is 6.71. The van der Waals surface area contributed by atoms with E-state index < -0.39 is 5.41 Å². The highest BCUT2D eigenvalue weighted by atomic mass is 16.5. The molecule has 30 heavy (non-hydrogen) atoms. The van der Waals surface area contributed by atoms with Gasteiger partial charge in [-0.05, 0) is 57.0 Å². The fourth-order valence-electron chi connectivity index (χ4n) is 4.20. The predicted molar refractivity (Wildman–Crippen MR) is 116 cm³/mol. The zero-order chi connectivity index (χ0) is 21.3. The van der Waals surface area contributed by atoms with E-state index in [2.05, 4.69) is 17.1 Å². The molecule has 0 bridgehead atoms. The summed E-state index contributed by atoms with van der Waals surface area (Å²) in [5, 5.41) is 1.09. The first-order chi connectivity index (χ1) is 14.4. The first-order valence-electron chi connectivity index (χ1n) is 10.2. The van der Waals surface area contributed by atoms with Crippen LogP contribution in [0.25, 0.3) is 10.9 Å². The minimum Gasteiger partial charge on any atom is -0.489 e. The highest BCUT2D eigenvalue weighted by Crippen LogP contribution is 2.36. The molecule has 1 aliphatic rings. The summed E-state index contributed by atoms with van der Waals surface area (Å²) in [6, 6.07) is 17.9. The lowest BCUT2D eigenvalue weighted by molar-refractivity contribution is -0.135. The summed E-state index contributed by atoms with van der Waals surface area (Å²) >= 11 is 0. The molecule has 1 aromatic heterocycles. The predicted octanol–water partition coefficient (Wildman–Crippen LogP) is 4.20. The molecule has 1 atom stereocenters. The average Bonchev–Trinajstić information content (AvgIpc) is 3.01. The van der Waals surface area contributed by atoms with Crippen molar-refractivity contribution in [2.24, 2.45) is 0 Å². The lowest BCUT2D eigenvalue weighted by atomic mass is 9.81. The number of amides is 1. The Kier molecular flexibility index (Phi) is 5.29. The summed E-state index contributed by atoms with van der Waals surface area (Å²) in [7, 11) is 0. The summed E-state index contributed by atoms with van der Waals surface area (Å²) in [4.78, 5) is 30.5. The Bertz CT molecular complexity index is 1110. The molecule has 1 fully saturated rings. The molecule has 0 spiro atoms. The molecule has 1 unspecified atom stereocenters. The van der Waals surface area contributed by atoms with Crippen LogP contribution in [0.2, 0.25) is 0 Å². The normalized spacial score (nSPS) is 18.8. The van der Waals surface area contributed by atoms with Crippen molar-refractivity contribution in [1.82, 2.24) is 9.88 Å². The average molecular weight is 402 g/mol. The number of pyridine rings is 1. The van der Waals surface area contributed by atoms with Crippen LogP contribution in [0.3, 0.4) is 0 Å². The van der Waals surface area contributed by atoms with Crippen molar-refractivity contribution >= 4 is 22.6 Å². The molecule has 3 aromatic rings. The van der Waals surface area contributed by atoms with E-state index in [0.29, 0.717) is 19.6 Å². The van der Waals surface area contributed by atoms with Gasteiger partial charge in [-0.1, -0.05) is 30.3 Å². The molecule has 5 heteroatoms. The molecule has 4 rings (SSSR count). The zero-order valence-corrected chi connectivity index (χ0v) is 17.6. The maximum absolute atomic E-state index is 12.9. The number of carbonyl (C=O) groups excluding carboxylic acids is 2. The number of hydrogen-bond acceptors (Lipinski definition) is 4. The second kappa shape index (κ2) is 7.90. The zero-order valence-electron chi connectivity index (χ0n) is 17.6. The van der Waals surface area contributed by atoms with Crippen LogP contribution in [0.4, 0.5) is 0 Å². The maximum Gasteiger partial charge on any atom is 0.233 e. The van der Waals surface area contributed by atoms with Crippen molar-refractivity contribution in [2.75, 3.05) is 13.1 Å². The molecule has 154 valence electrons. The van der Waals surface area contributed by atoms with Gasteiger partial charge in [0.2, 0.25) is 5.91 Å². The van der Waals surface area contributed by atoms with Crippen molar-refractivity contribution in [3.8, 4) is 5.75 Å². The number of aromatic nitrogens is 1. The summed E-state index contributed by atoms with van der Waals surface area (Å²) in [6.07, 6.45) is 0.710. The molecule has 1 aliphatic heterocycles. The van der Waals surface area contributed by atoms with E-state index in [9.17, 15) is 9.59 Å². The minimum atomic E-state index is -0.591. The van der Waals surface area contributed by atoms with Gasteiger partial charge in [0.25, 0.3) is 0 Å². The number of hydrogen-bond donors (Lipinski definition) is 0. The third kappa shape index (κ3) is 3.80. The van der Waals surface area contributed by atoms with E-state index in [0.717, 1.165) is 33.5 Å². The number of rotatable bonds is 6. The highest BCUT2D eigenvalue weighted by Gasteiger charge is 2.44. The topological polar surface area (TPSA) is 59.5 Å². The van der Waals surface area contributed by atoms with Crippen molar-refractivity contribution < 1.29 is 14.3 Å². The second-order valence-corrected chi connectivity index (χ2v) is 8.26. The number of fused-ring (bicyclic) bond motifs is 1. The van der Waals surface area contributed by atoms with Gasteiger partial charge in [0.15, 0.2) is 0 Å². The van der Waals surface area contributed by atoms with Gasteiger partial charge in [0.1, 0.15) is 18.1 Å². The number of likely N-dealkylation sites (tertiary alicyclic amines) is 1. The largest absolute Gasteiger partial charge is 0.489 e. The number of nitrogens with zero attached hydrogens (tertiary/aromatic N) is 2. The lowest BCUT2D eigenvalue weighted by Gasteiger charge is -2.24. The van der Waals surface area contributed by atoms with Gasteiger partial charge in [-0.2, -0.15) is 0 Å². The van der Waals surface area contributed by atoms with Gasteiger partial charge in [0.05, 0.1) is 17.5 Å². The molecular formula is C25H26N2O3. The van der Waals surface area contributed by atoms with Crippen LogP contribution < -0.4 is 4.74 Å². The molecule has 1 amide bonds. The quantitative estimate of drug-likeness (QED) is 0.620. The summed E-state index contributed by atoms with van der Waals surface area (Å²) in [5.41, 5.74) is 3.39. The highest BCUT2D eigenvalue weighted by molar-refractivity contribution is 5.93. The van der Waals surface area contributed by atoms with E-state index >= 15 is 0 Å². The van der Waals surface area contributed by atoms with Crippen molar-refractivity contribution in [3.63, 3.8) is 0 Å². The molecule has 0 aliphatic carbocycles. The standard InChI is InChI=1S/C25H26N2O3/c1-17-14-19(22-6-4-5-7-23(22)26-17)16-30-21-10-8-20(9-11-21)25(3)12-13-27(24(25)29)15-18(2)28/h4-11,14H,12-13,15-16H2,1-3H3. The Labute approximate surface area is 176 Å². The van der Waals surface area contributed by atoms with E-state index in [4.69, 9.17) is 4.74 Å². The van der Waals surface area contributed by atoms with Crippen LogP contribution in [-0.2, 0) is 21.6 Å². The van der Waals surface area contributed by atoms with Crippen molar-refractivity contribution in [1.29, 1.82) is 0 Å². The van der Waals surface area contributed by atoms with E-state index in [1.54, 1.807) is 4.90 Å². The molecule has 5 nitrogen and oxygen atoms in total. The molecule has 0 N–H and O–H groups in total. The fourth-order valence-corrected chi connectivity index (χ4v) is 4.20. The summed E-state index contributed by atoms with van der Waals surface area (Å²) < 4.78 is 6.04. The lowest BCUT2D eigenvalue weighted by Crippen LogP contribution is -2.37. The molecule has 0 radical (unpaired) electrons. The molecule has 2 heterocycles. The maximum atomic E-state index is 12.9. The van der Waals surface area contributed by atoms with Gasteiger partial charge >= 0.3 is 0 Å². The van der Waals surface area contributed by atoms with E-state index in [-0.39, 0.29) is 18.2 Å². The summed E-state index contributed by atoms with van der Waals surface area (Å²) in [5.74, 6) is 0.784. The Morgan fingerprint density at radius 3 is 2.63 bits per heavy atom. The van der Waals surface area contributed by atoms with Crippen LogP contribution in [0, 0.1) is 6.92 Å². The van der Waals surface area contributed by atoms with Crippen LogP contribution >= 0.6 is 0 Å². The minimum absolute atomic E-state index is 0.00946. The van der Waals surface area contributed by atoms with Gasteiger partial charge in [-0.15, -0.1) is 0 Å². The Balaban J connectivity index is 1.49. The molecule has 2 aromatic carbocycles. The van der Waals surface area contributed by atoms with E-state index in [1.807, 2.05) is 56.3 Å². The van der Waals surface area contributed by atoms with Crippen LogP contribution in [0.1, 0.15) is 37.1 Å². The van der Waals surface area contributed by atoms with Crippen LogP contribution in [0.5, 0.6) is 5.75 Å². The van der Waals surface area contributed by atoms with Crippen LogP contribution in [-0.4, -0.2) is 34.7 Å². The molecule has 1 saturated heterocycles. The smallest absolute Gasteiger partial charge is 0.233 e. The first-order valence-corrected chi connectivity index (χ1v) is 10.2. The van der Waals surface area contributed by atoms with Crippen LogP contribution in [0.15, 0.2) is 54.6 Å². The van der Waals surface area contributed by atoms with Gasteiger partial charge in [-0.25, -0.2) is 0 Å². The number of carbonyl (C=O) groups is 2. The SMILES string of the molecule is CC(=O)CN1CCC(C)(c2ccc(OCc3cc(C)nc4ccccc34)cc2)C1=O. The number of benzene rings is 2. The van der Waals surface area contributed by atoms with Crippen molar-refractivity contribution in [2.45, 2.75) is 39.2 Å². The van der Waals surface area contributed by atoms with Gasteiger partial charge in [-0.3, -0.25) is 14.6 Å². The number of ether oxygens (including phenoxy) is 1. The third-order valence-corrected chi connectivity index (χ3v) is 5.87. The monoisotopic (exact) mass is 402 g/mol. The molecular weight excluding hydrogens is 376 g/mol. The van der Waals surface area contributed by atoms with Gasteiger partial charge < -0.3 is 9.64 Å². The number of aryl methyl sites for hydroxylation is 1. The second-order valence-electron chi connectivity index (χ2n) is 8.26. The fraction of sp³-hybridized carbons (Fsp3) is 0.320. The Morgan fingerprint density at radius 2 is 1.90 bits per heavy atom. The third-order valence-electron chi connectivity index (χ3n) is 5.87. The Morgan fingerprint density at radius 1 is 1.17 bits per heavy atom. The number of Topliss-reactive ketones (excluding diaryl/α,β-unsaturated/α-hetero) is 1. The number of ketones is 1. The molecule has 0 saturated carbocycles. The Hall–Kier alpha value is -3.21.